The number of hydrogen-bond acceptors (Lipinski definition) is 4. The lowest BCUT2D eigenvalue weighted by atomic mass is 10.1. The second-order valence-electron chi connectivity index (χ2n) is 4.33. The molecule has 18 heavy (non-hydrogen) atoms. The van der Waals surface area contributed by atoms with Crippen molar-refractivity contribution < 1.29 is 14.7 Å². The van der Waals surface area contributed by atoms with E-state index in [0.717, 1.165) is 10.2 Å². The van der Waals surface area contributed by atoms with Gasteiger partial charge in [-0.25, -0.2) is 4.98 Å². The summed E-state index contributed by atoms with van der Waals surface area (Å²) in [5, 5.41) is 12.1. The van der Waals surface area contributed by atoms with Crippen LogP contribution in [0, 0.1) is 5.41 Å². The lowest BCUT2D eigenvalue weighted by molar-refractivity contribution is -0.147. The summed E-state index contributed by atoms with van der Waals surface area (Å²) < 4.78 is 0.966. The molecule has 1 aliphatic carbocycles. The normalized spacial score (nSPS) is 16.4. The zero-order valence-electron chi connectivity index (χ0n) is 9.34. The third kappa shape index (κ3) is 1.65. The molecule has 0 spiro atoms. The van der Waals surface area contributed by atoms with Gasteiger partial charge in [-0.1, -0.05) is 23.5 Å². The number of nitrogens with one attached hydrogen (secondary N) is 1. The summed E-state index contributed by atoms with van der Waals surface area (Å²) in [5.74, 6) is -1.52. The number of aliphatic carboxylic acids is 1. The third-order valence-corrected chi connectivity index (χ3v) is 4.06. The van der Waals surface area contributed by atoms with E-state index in [1.165, 1.54) is 11.3 Å². The van der Waals surface area contributed by atoms with E-state index in [2.05, 4.69) is 10.3 Å². The first-order valence-corrected chi connectivity index (χ1v) is 6.34. The lowest BCUT2D eigenvalue weighted by Gasteiger charge is -2.07. The molecule has 5 nitrogen and oxygen atoms in total. The minimum absolute atomic E-state index is 0.402. The Hall–Kier alpha value is -1.95. The molecule has 0 unspecified atom stereocenters. The maximum Gasteiger partial charge on any atom is 0.319 e. The summed E-state index contributed by atoms with van der Waals surface area (Å²) >= 11 is 1.35. The number of rotatable bonds is 3. The maximum absolute atomic E-state index is 11.9. The molecule has 1 aromatic heterocycles. The van der Waals surface area contributed by atoms with Crippen LogP contribution in [0.3, 0.4) is 0 Å². The molecule has 0 atom stereocenters. The standard InChI is InChI=1S/C12H10N2O3S/c15-9(12(5-6-12)10(16)17)14-11-13-7-3-1-2-4-8(7)18-11/h1-4H,5-6H2,(H,16,17)(H,13,14,15). The van der Waals surface area contributed by atoms with Gasteiger partial charge in [0, 0.05) is 0 Å². The Kier molecular flexibility index (Phi) is 2.34. The molecule has 1 amide bonds. The molecule has 1 aromatic carbocycles. The fourth-order valence-electron chi connectivity index (χ4n) is 1.81. The van der Waals surface area contributed by atoms with Gasteiger partial charge in [0.2, 0.25) is 5.91 Å². The Labute approximate surface area is 106 Å². The molecular formula is C12H10N2O3S. The summed E-state index contributed by atoms with van der Waals surface area (Å²) in [7, 11) is 0. The topological polar surface area (TPSA) is 79.3 Å². The number of hydrogen-bond donors (Lipinski definition) is 2. The average Bonchev–Trinajstić information content (AvgIpc) is 3.05. The quantitative estimate of drug-likeness (QED) is 0.830. The molecule has 1 saturated carbocycles. The molecule has 1 fully saturated rings. The van der Waals surface area contributed by atoms with Gasteiger partial charge in [-0.2, -0.15) is 0 Å². The zero-order valence-corrected chi connectivity index (χ0v) is 10.2. The third-order valence-electron chi connectivity index (χ3n) is 3.11. The molecule has 0 radical (unpaired) electrons. The van der Waals surface area contributed by atoms with E-state index in [9.17, 15) is 9.59 Å². The highest BCUT2D eigenvalue weighted by Gasteiger charge is 2.57. The minimum Gasteiger partial charge on any atom is -0.480 e. The Balaban J connectivity index is 1.84. The first-order chi connectivity index (χ1) is 8.62. The van der Waals surface area contributed by atoms with Gasteiger partial charge < -0.3 is 10.4 Å². The Morgan fingerprint density at radius 2 is 2.06 bits per heavy atom. The number of fused-ring (bicyclic) bond motifs is 1. The summed E-state index contributed by atoms with van der Waals surface area (Å²) in [4.78, 5) is 27.1. The van der Waals surface area contributed by atoms with Gasteiger partial charge in [-0.15, -0.1) is 0 Å². The minimum atomic E-state index is -1.22. The maximum atomic E-state index is 11.9. The molecule has 2 aromatic rings. The number of para-hydroxylation sites is 1. The smallest absolute Gasteiger partial charge is 0.319 e. The number of carbonyl (C=O) groups is 2. The van der Waals surface area contributed by atoms with Gasteiger partial charge in [0.15, 0.2) is 5.13 Å². The van der Waals surface area contributed by atoms with E-state index in [4.69, 9.17) is 5.11 Å². The van der Waals surface area contributed by atoms with Crippen molar-refractivity contribution in [3.05, 3.63) is 24.3 Å². The summed E-state index contributed by atoms with van der Waals surface area (Å²) in [6, 6.07) is 7.53. The number of thiazole rings is 1. The van der Waals surface area contributed by atoms with Crippen molar-refractivity contribution in [2.45, 2.75) is 12.8 Å². The molecule has 1 aliphatic rings. The summed E-state index contributed by atoms with van der Waals surface area (Å²) in [5.41, 5.74) is -0.421. The molecular weight excluding hydrogens is 252 g/mol. The second-order valence-corrected chi connectivity index (χ2v) is 5.36. The number of nitrogens with zero attached hydrogens (tertiary/aromatic N) is 1. The van der Waals surface area contributed by atoms with Crippen LogP contribution in [0.2, 0.25) is 0 Å². The summed E-state index contributed by atoms with van der Waals surface area (Å²) in [6.07, 6.45) is 0.804. The van der Waals surface area contributed by atoms with Crippen molar-refractivity contribution in [1.82, 2.24) is 4.98 Å². The van der Waals surface area contributed by atoms with Crippen LogP contribution in [0.4, 0.5) is 5.13 Å². The lowest BCUT2D eigenvalue weighted by Crippen LogP contribution is -2.31. The Morgan fingerprint density at radius 1 is 1.33 bits per heavy atom. The van der Waals surface area contributed by atoms with Crippen LogP contribution in [-0.2, 0) is 9.59 Å². The van der Waals surface area contributed by atoms with Gasteiger partial charge in [0.1, 0.15) is 5.41 Å². The van der Waals surface area contributed by atoms with Crippen molar-refractivity contribution in [2.24, 2.45) is 5.41 Å². The molecule has 6 heteroatoms. The van der Waals surface area contributed by atoms with Crippen LogP contribution in [0.15, 0.2) is 24.3 Å². The zero-order chi connectivity index (χ0) is 12.8. The highest BCUT2D eigenvalue weighted by Crippen LogP contribution is 2.47. The fourth-order valence-corrected chi connectivity index (χ4v) is 2.67. The largest absolute Gasteiger partial charge is 0.480 e. The van der Waals surface area contributed by atoms with Crippen LogP contribution < -0.4 is 5.32 Å². The van der Waals surface area contributed by atoms with Crippen molar-refractivity contribution >= 4 is 38.6 Å². The van der Waals surface area contributed by atoms with E-state index in [-0.39, 0.29) is 0 Å². The summed E-state index contributed by atoms with van der Waals surface area (Å²) in [6.45, 7) is 0. The predicted molar refractivity (Wildman–Crippen MR) is 67.6 cm³/mol. The highest BCUT2D eigenvalue weighted by molar-refractivity contribution is 7.22. The molecule has 0 aliphatic heterocycles. The van der Waals surface area contributed by atoms with Gasteiger partial charge in [-0.3, -0.25) is 9.59 Å². The molecule has 2 N–H and O–H groups in total. The first-order valence-electron chi connectivity index (χ1n) is 5.52. The van der Waals surface area contributed by atoms with Crippen LogP contribution in [0.1, 0.15) is 12.8 Å². The van der Waals surface area contributed by atoms with Crippen LogP contribution >= 0.6 is 11.3 Å². The van der Waals surface area contributed by atoms with Gasteiger partial charge in [0.05, 0.1) is 10.2 Å². The van der Waals surface area contributed by atoms with Crippen molar-refractivity contribution in [3.63, 3.8) is 0 Å². The van der Waals surface area contributed by atoms with Crippen LogP contribution in [0.25, 0.3) is 10.2 Å². The number of anilines is 1. The van der Waals surface area contributed by atoms with Crippen molar-refractivity contribution in [1.29, 1.82) is 0 Å². The number of aromatic nitrogens is 1. The Bertz CT molecular complexity index is 613. The second kappa shape index (κ2) is 3.78. The van der Waals surface area contributed by atoms with Crippen molar-refractivity contribution in [2.75, 3.05) is 5.32 Å². The van der Waals surface area contributed by atoms with E-state index < -0.39 is 17.3 Å². The van der Waals surface area contributed by atoms with Crippen LogP contribution in [0.5, 0.6) is 0 Å². The molecule has 1 heterocycles. The van der Waals surface area contributed by atoms with E-state index in [0.29, 0.717) is 18.0 Å². The fraction of sp³-hybridized carbons (Fsp3) is 0.250. The van der Waals surface area contributed by atoms with Gasteiger partial charge in [0.25, 0.3) is 0 Å². The number of benzene rings is 1. The van der Waals surface area contributed by atoms with Gasteiger partial charge >= 0.3 is 5.97 Å². The first kappa shape index (κ1) is 11.2. The van der Waals surface area contributed by atoms with E-state index in [1.54, 1.807) is 0 Å². The molecule has 92 valence electrons. The number of carboxylic acids is 1. The van der Waals surface area contributed by atoms with Gasteiger partial charge in [-0.05, 0) is 25.0 Å². The number of carbonyl (C=O) groups excluding carboxylic acids is 1. The average molecular weight is 262 g/mol. The Morgan fingerprint density at radius 3 is 2.67 bits per heavy atom. The highest BCUT2D eigenvalue weighted by atomic mass is 32.1. The number of carboxylic acid groups (broad SMARTS) is 1. The van der Waals surface area contributed by atoms with Crippen molar-refractivity contribution in [3.8, 4) is 0 Å². The molecule has 0 saturated heterocycles. The SMILES string of the molecule is O=C(O)C1(C(=O)Nc2nc3ccccc3s2)CC1. The van der Waals surface area contributed by atoms with E-state index in [1.807, 2.05) is 24.3 Å². The predicted octanol–water partition coefficient (Wildman–Crippen LogP) is 2.10. The molecule has 3 rings (SSSR count). The monoisotopic (exact) mass is 262 g/mol. The number of amides is 1. The molecule has 0 bridgehead atoms. The van der Waals surface area contributed by atoms with E-state index >= 15 is 0 Å². The van der Waals surface area contributed by atoms with Crippen LogP contribution in [-0.4, -0.2) is 22.0 Å².